The number of thiocarbonyl (C=S) groups is 1. The van der Waals surface area contributed by atoms with E-state index in [1.165, 1.54) is 6.07 Å². The predicted octanol–water partition coefficient (Wildman–Crippen LogP) is 1.46. The van der Waals surface area contributed by atoms with Gasteiger partial charge in [-0.25, -0.2) is 13.1 Å². The molecule has 1 aliphatic carbocycles. The van der Waals surface area contributed by atoms with Crippen molar-refractivity contribution in [3.63, 3.8) is 0 Å². The molecule has 3 N–H and O–H groups in total. The Morgan fingerprint density at radius 2 is 2.24 bits per heavy atom. The molecule has 0 amide bonds. The van der Waals surface area contributed by atoms with Gasteiger partial charge in [0.1, 0.15) is 9.20 Å². The third-order valence-corrected chi connectivity index (χ3v) is 6.24. The van der Waals surface area contributed by atoms with Crippen LogP contribution in [0.2, 0.25) is 0 Å². The number of nitrogens with two attached hydrogens (primary N) is 1. The van der Waals surface area contributed by atoms with Crippen LogP contribution in [0.25, 0.3) is 0 Å². The van der Waals surface area contributed by atoms with E-state index in [0.29, 0.717) is 11.4 Å². The van der Waals surface area contributed by atoms with Gasteiger partial charge in [0.2, 0.25) is 10.0 Å². The maximum atomic E-state index is 12.0. The van der Waals surface area contributed by atoms with Crippen LogP contribution in [0.1, 0.15) is 24.6 Å². The zero-order valence-corrected chi connectivity index (χ0v) is 11.8. The van der Waals surface area contributed by atoms with Gasteiger partial charge >= 0.3 is 0 Å². The monoisotopic (exact) mass is 290 g/mol. The lowest BCUT2D eigenvalue weighted by Gasteiger charge is -2.09. The van der Waals surface area contributed by atoms with E-state index in [0.717, 1.165) is 24.2 Å². The van der Waals surface area contributed by atoms with Gasteiger partial charge < -0.3 is 5.73 Å². The fraction of sp³-hybridized carbons (Fsp3) is 0.500. The molecule has 1 saturated carbocycles. The summed E-state index contributed by atoms with van der Waals surface area (Å²) in [7, 11) is -3.41. The minimum absolute atomic E-state index is 0.149. The summed E-state index contributed by atoms with van der Waals surface area (Å²) in [4.78, 5) is 0.851. The van der Waals surface area contributed by atoms with E-state index in [1.807, 2.05) is 0 Å². The van der Waals surface area contributed by atoms with Crippen LogP contribution in [0.4, 0.5) is 0 Å². The average molecular weight is 290 g/mol. The Labute approximate surface area is 110 Å². The molecule has 0 spiro atoms. The molecule has 0 unspecified atom stereocenters. The fourth-order valence-corrected chi connectivity index (χ4v) is 3.92. The molecule has 0 bridgehead atoms. The molecular weight excluding hydrogens is 276 g/mol. The Bertz CT molecular complexity index is 544. The molecule has 1 aliphatic rings. The highest BCUT2D eigenvalue weighted by Gasteiger charge is 2.38. The lowest BCUT2D eigenvalue weighted by molar-refractivity contribution is 0.531. The molecule has 7 heteroatoms. The molecule has 1 fully saturated rings. The van der Waals surface area contributed by atoms with Crippen LogP contribution in [-0.2, 0) is 10.0 Å². The second-order valence-corrected chi connectivity index (χ2v) is 8.14. The molecule has 1 aromatic heterocycles. The fourth-order valence-electron chi connectivity index (χ4n) is 1.33. The zero-order chi connectivity index (χ0) is 12.7. The lowest BCUT2D eigenvalue weighted by Crippen LogP contribution is -2.28. The quantitative estimate of drug-likeness (QED) is 0.805. The highest BCUT2D eigenvalue weighted by molar-refractivity contribution is 7.91. The maximum Gasteiger partial charge on any atom is 0.250 e. The van der Waals surface area contributed by atoms with Gasteiger partial charge in [-0.05, 0) is 30.4 Å². The summed E-state index contributed by atoms with van der Waals surface area (Å²) in [6.45, 7) is 2.57. The SMILES string of the molecule is CC1(CNS(=O)(=O)c2ccc(C(N)=S)s2)CC1. The second-order valence-electron chi connectivity index (χ2n) is 4.62. The van der Waals surface area contributed by atoms with Crippen LogP contribution in [0.5, 0.6) is 0 Å². The first kappa shape index (κ1) is 12.9. The number of rotatable bonds is 5. The van der Waals surface area contributed by atoms with Crippen molar-refractivity contribution in [2.24, 2.45) is 11.1 Å². The van der Waals surface area contributed by atoms with Gasteiger partial charge in [-0.3, -0.25) is 0 Å². The van der Waals surface area contributed by atoms with Crippen LogP contribution >= 0.6 is 23.6 Å². The molecule has 0 saturated heterocycles. The summed E-state index contributed by atoms with van der Waals surface area (Å²) < 4.78 is 26.8. The van der Waals surface area contributed by atoms with E-state index < -0.39 is 10.0 Å². The van der Waals surface area contributed by atoms with Gasteiger partial charge in [-0.15, -0.1) is 11.3 Å². The Kier molecular flexibility index (Phi) is 3.28. The molecule has 0 atom stereocenters. The van der Waals surface area contributed by atoms with Gasteiger partial charge in [0, 0.05) is 6.54 Å². The van der Waals surface area contributed by atoms with Gasteiger partial charge in [-0.1, -0.05) is 19.1 Å². The number of thiophene rings is 1. The summed E-state index contributed by atoms with van der Waals surface area (Å²) in [6, 6.07) is 3.18. The zero-order valence-electron chi connectivity index (χ0n) is 9.39. The van der Waals surface area contributed by atoms with Crippen LogP contribution < -0.4 is 10.5 Å². The van der Waals surface area contributed by atoms with Crippen molar-refractivity contribution in [2.75, 3.05) is 6.54 Å². The molecule has 94 valence electrons. The van der Waals surface area contributed by atoms with E-state index in [-0.39, 0.29) is 14.6 Å². The number of sulfonamides is 1. The van der Waals surface area contributed by atoms with Crippen molar-refractivity contribution in [1.29, 1.82) is 0 Å². The van der Waals surface area contributed by atoms with Crippen molar-refractivity contribution >= 4 is 38.6 Å². The smallest absolute Gasteiger partial charge is 0.250 e. The lowest BCUT2D eigenvalue weighted by atomic mass is 10.2. The highest BCUT2D eigenvalue weighted by Crippen LogP contribution is 2.44. The number of nitrogens with one attached hydrogen (secondary N) is 1. The predicted molar refractivity (Wildman–Crippen MR) is 72.7 cm³/mol. The minimum Gasteiger partial charge on any atom is -0.389 e. The first-order valence-corrected chi connectivity index (χ1v) is 7.93. The third-order valence-electron chi connectivity index (χ3n) is 2.88. The molecular formula is C10H14N2O2S3. The van der Waals surface area contributed by atoms with Crippen molar-refractivity contribution < 1.29 is 8.42 Å². The van der Waals surface area contributed by atoms with E-state index in [4.69, 9.17) is 18.0 Å². The summed E-state index contributed by atoms with van der Waals surface area (Å²) in [5.41, 5.74) is 5.60. The molecule has 0 radical (unpaired) electrons. The topological polar surface area (TPSA) is 72.2 Å². The van der Waals surface area contributed by atoms with Crippen LogP contribution in [-0.4, -0.2) is 20.0 Å². The standard InChI is InChI=1S/C10H14N2O2S3/c1-10(4-5-10)6-12-17(13,14)8-3-2-7(16-8)9(11)15/h2-3,12H,4-6H2,1H3,(H2,11,15). The molecule has 0 aromatic carbocycles. The molecule has 4 nitrogen and oxygen atoms in total. The molecule has 1 heterocycles. The normalized spacial score (nSPS) is 17.9. The second kappa shape index (κ2) is 4.31. The summed E-state index contributed by atoms with van der Waals surface area (Å²) in [5, 5.41) is 0. The van der Waals surface area contributed by atoms with E-state index in [1.54, 1.807) is 6.07 Å². The molecule has 1 aromatic rings. The van der Waals surface area contributed by atoms with Gasteiger partial charge in [0.25, 0.3) is 0 Å². The largest absolute Gasteiger partial charge is 0.389 e. The molecule has 17 heavy (non-hydrogen) atoms. The molecule has 2 rings (SSSR count). The van der Waals surface area contributed by atoms with Gasteiger partial charge in [0.05, 0.1) is 4.88 Å². The minimum atomic E-state index is -3.41. The van der Waals surface area contributed by atoms with Gasteiger partial charge in [-0.2, -0.15) is 0 Å². The van der Waals surface area contributed by atoms with Crippen molar-refractivity contribution in [3.8, 4) is 0 Å². The van der Waals surface area contributed by atoms with Crippen molar-refractivity contribution in [1.82, 2.24) is 4.72 Å². The third kappa shape index (κ3) is 3.04. The van der Waals surface area contributed by atoms with Crippen molar-refractivity contribution in [3.05, 3.63) is 17.0 Å². The summed E-state index contributed by atoms with van der Waals surface area (Å²) in [6.07, 6.45) is 2.16. The van der Waals surface area contributed by atoms with E-state index >= 15 is 0 Å². The molecule has 0 aliphatic heterocycles. The maximum absolute atomic E-state index is 12.0. The van der Waals surface area contributed by atoms with E-state index in [9.17, 15) is 8.42 Å². The van der Waals surface area contributed by atoms with E-state index in [2.05, 4.69) is 11.6 Å². The average Bonchev–Trinajstić information content (AvgIpc) is 2.81. The van der Waals surface area contributed by atoms with Crippen LogP contribution in [0.3, 0.4) is 0 Å². The Morgan fingerprint density at radius 3 is 2.71 bits per heavy atom. The van der Waals surface area contributed by atoms with Gasteiger partial charge in [0.15, 0.2) is 0 Å². The Morgan fingerprint density at radius 1 is 1.59 bits per heavy atom. The summed E-state index contributed by atoms with van der Waals surface area (Å²) in [5.74, 6) is 0. The number of hydrogen-bond donors (Lipinski definition) is 2. The Hall–Kier alpha value is -0.500. The highest BCUT2D eigenvalue weighted by atomic mass is 32.2. The first-order valence-electron chi connectivity index (χ1n) is 5.22. The van der Waals surface area contributed by atoms with Crippen LogP contribution in [0.15, 0.2) is 16.3 Å². The first-order chi connectivity index (χ1) is 7.82. The van der Waals surface area contributed by atoms with Crippen LogP contribution in [0, 0.1) is 5.41 Å². The number of hydrogen-bond acceptors (Lipinski definition) is 4. The Balaban J connectivity index is 2.10. The summed E-state index contributed by atoms with van der Waals surface area (Å²) >= 11 is 5.91. The van der Waals surface area contributed by atoms with Crippen molar-refractivity contribution in [2.45, 2.75) is 24.0 Å².